The second-order valence-corrected chi connectivity index (χ2v) is 6.81. The molecule has 1 aliphatic rings. The van der Waals surface area contributed by atoms with E-state index in [1.807, 2.05) is 45.4 Å². The van der Waals surface area contributed by atoms with E-state index < -0.39 is 18.3 Å². The fourth-order valence-corrected chi connectivity index (χ4v) is 2.68. The minimum atomic E-state index is -0.530. The third kappa shape index (κ3) is 3.61. The molecular weight excluding hydrogens is 295 g/mol. The number of aromatic nitrogens is 2. The first kappa shape index (κ1) is 18.0. The van der Waals surface area contributed by atoms with Crippen LogP contribution in [0, 0.1) is 0 Å². The van der Waals surface area contributed by atoms with Crippen molar-refractivity contribution in [2.45, 2.75) is 71.5 Å². The zero-order chi connectivity index (χ0) is 17.3. The molecule has 1 aromatic rings. The van der Waals surface area contributed by atoms with Gasteiger partial charge in [-0.15, -0.1) is 0 Å². The molecule has 23 heavy (non-hydrogen) atoms. The molecule has 1 unspecified atom stereocenters. The smallest absolute Gasteiger partial charge is 0.466 e. The Labute approximate surface area is 138 Å². The van der Waals surface area contributed by atoms with Gasteiger partial charge >= 0.3 is 13.1 Å². The van der Waals surface area contributed by atoms with Crippen LogP contribution >= 0.6 is 0 Å². The van der Waals surface area contributed by atoms with Crippen molar-refractivity contribution < 1.29 is 18.8 Å². The molecule has 1 fully saturated rings. The standard InChI is InChI=1S/C16H27BN2O4/c1-7-19-10-9-18-14(19)12(11-13(20)21-8-2)17-22-15(3,4)16(5,6)23-17/h9-10,12H,7-8,11H2,1-6H3. The lowest BCUT2D eigenvalue weighted by Crippen LogP contribution is -2.41. The van der Waals surface area contributed by atoms with Crippen molar-refractivity contribution in [3.63, 3.8) is 0 Å². The van der Waals surface area contributed by atoms with E-state index in [9.17, 15) is 4.79 Å². The predicted molar refractivity (Wildman–Crippen MR) is 88.0 cm³/mol. The Morgan fingerprint density at radius 1 is 1.30 bits per heavy atom. The molecule has 1 atom stereocenters. The van der Waals surface area contributed by atoms with E-state index >= 15 is 0 Å². The Balaban J connectivity index is 2.30. The van der Waals surface area contributed by atoms with Gasteiger partial charge < -0.3 is 18.6 Å². The zero-order valence-electron chi connectivity index (χ0n) is 15.0. The average molecular weight is 322 g/mol. The first-order valence-electron chi connectivity index (χ1n) is 8.24. The average Bonchev–Trinajstić information content (AvgIpc) is 2.99. The number of hydrogen-bond acceptors (Lipinski definition) is 5. The number of rotatable bonds is 6. The van der Waals surface area contributed by atoms with Crippen LogP contribution in [0.25, 0.3) is 0 Å². The maximum absolute atomic E-state index is 12.1. The fourth-order valence-electron chi connectivity index (χ4n) is 2.68. The highest BCUT2D eigenvalue weighted by atomic mass is 16.7. The molecule has 1 aromatic heterocycles. The molecular formula is C16H27BN2O4. The van der Waals surface area contributed by atoms with Crippen molar-refractivity contribution in [2.24, 2.45) is 0 Å². The summed E-state index contributed by atoms with van der Waals surface area (Å²) in [5.41, 5.74) is -0.900. The first-order valence-corrected chi connectivity index (χ1v) is 8.24. The second-order valence-electron chi connectivity index (χ2n) is 6.81. The molecule has 1 aliphatic heterocycles. The summed E-state index contributed by atoms with van der Waals surface area (Å²) >= 11 is 0. The number of imidazole rings is 1. The van der Waals surface area contributed by atoms with Gasteiger partial charge in [0, 0.05) is 18.9 Å². The van der Waals surface area contributed by atoms with Gasteiger partial charge in [0.25, 0.3) is 0 Å². The number of nitrogens with zero attached hydrogens (tertiary/aromatic N) is 2. The van der Waals surface area contributed by atoms with Crippen molar-refractivity contribution in [2.75, 3.05) is 6.61 Å². The van der Waals surface area contributed by atoms with Gasteiger partial charge in [-0.05, 0) is 41.5 Å². The lowest BCUT2D eigenvalue weighted by molar-refractivity contribution is -0.143. The Morgan fingerprint density at radius 3 is 2.43 bits per heavy atom. The number of aryl methyl sites for hydroxylation is 1. The van der Waals surface area contributed by atoms with Crippen molar-refractivity contribution in [1.82, 2.24) is 9.55 Å². The van der Waals surface area contributed by atoms with Gasteiger partial charge in [-0.2, -0.15) is 0 Å². The third-order valence-electron chi connectivity index (χ3n) is 4.71. The van der Waals surface area contributed by atoms with Crippen molar-refractivity contribution in [3.8, 4) is 0 Å². The lowest BCUT2D eigenvalue weighted by Gasteiger charge is -2.32. The molecule has 0 bridgehead atoms. The Hall–Kier alpha value is -1.34. The maximum Gasteiger partial charge on any atom is 0.469 e. The Morgan fingerprint density at radius 2 is 1.91 bits per heavy atom. The van der Waals surface area contributed by atoms with Gasteiger partial charge in [-0.25, -0.2) is 4.98 Å². The summed E-state index contributed by atoms with van der Waals surface area (Å²) in [6, 6.07) is 0. The van der Waals surface area contributed by atoms with Gasteiger partial charge in [0.1, 0.15) is 5.82 Å². The lowest BCUT2D eigenvalue weighted by atomic mass is 9.69. The van der Waals surface area contributed by atoms with Gasteiger partial charge in [0.05, 0.1) is 30.0 Å². The van der Waals surface area contributed by atoms with E-state index in [1.54, 1.807) is 13.1 Å². The molecule has 2 heterocycles. The van der Waals surface area contributed by atoms with Crippen LogP contribution in [0.5, 0.6) is 0 Å². The molecule has 0 spiro atoms. The number of ether oxygens (including phenoxy) is 1. The van der Waals surface area contributed by atoms with Crippen LogP contribution in [0.3, 0.4) is 0 Å². The summed E-state index contributed by atoms with van der Waals surface area (Å²) in [7, 11) is -0.530. The van der Waals surface area contributed by atoms with Gasteiger partial charge in [-0.1, -0.05) is 0 Å². The van der Waals surface area contributed by atoms with E-state index in [4.69, 9.17) is 14.0 Å². The van der Waals surface area contributed by atoms with Crippen LogP contribution in [-0.4, -0.2) is 40.4 Å². The molecule has 0 amide bonds. The van der Waals surface area contributed by atoms with E-state index in [0.29, 0.717) is 6.61 Å². The normalized spacial score (nSPS) is 20.5. The Bertz CT molecular complexity index is 540. The van der Waals surface area contributed by atoms with Crippen LogP contribution in [0.1, 0.15) is 59.6 Å². The van der Waals surface area contributed by atoms with Gasteiger partial charge in [0.15, 0.2) is 0 Å². The topological polar surface area (TPSA) is 62.6 Å². The molecule has 0 N–H and O–H groups in total. The highest BCUT2D eigenvalue weighted by molar-refractivity contribution is 6.47. The summed E-state index contributed by atoms with van der Waals surface area (Å²) in [6.45, 7) is 13.0. The molecule has 0 saturated carbocycles. The SMILES string of the molecule is CCOC(=O)CC(B1OC(C)(C)C(C)(C)O1)c1nccn1CC. The second kappa shape index (κ2) is 6.65. The molecule has 0 aromatic carbocycles. The molecule has 0 radical (unpaired) electrons. The Kier molecular flexibility index (Phi) is 5.21. The molecule has 6 nitrogen and oxygen atoms in total. The van der Waals surface area contributed by atoms with Crippen molar-refractivity contribution >= 4 is 13.1 Å². The predicted octanol–water partition coefficient (Wildman–Crippen LogP) is 2.57. The number of hydrogen-bond donors (Lipinski definition) is 0. The third-order valence-corrected chi connectivity index (χ3v) is 4.71. The van der Waals surface area contributed by atoms with Crippen LogP contribution in [0.4, 0.5) is 0 Å². The summed E-state index contributed by atoms with van der Waals surface area (Å²) < 4.78 is 19.4. The quantitative estimate of drug-likeness (QED) is 0.595. The monoisotopic (exact) mass is 322 g/mol. The van der Waals surface area contributed by atoms with Crippen LogP contribution in [-0.2, 0) is 25.4 Å². The van der Waals surface area contributed by atoms with Crippen LogP contribution < -0.4 is 0 Å². The minimum absolute atomic E-state index is 0.182. The molecule has 2 rings (SSSR count). The van der Waals surface area contributed by atoms with Crippen LogP contribution in [0.15, 0.2) is 12.4 Å². The summed E-state index contributed by atoms with van der Waals surface area (Å²) in [5.74, 6) is 0.224. The van der Waals surface area contributed by atoms with E-state index in [0.717, 1.165) is 12.4 Å². The molecule has 1 saturated heterocycles. The number of carbonyl (C=O) groups is 1. The first-order chi connectivity index (χ1) is 10.7. The summed E-state index contributed by atoms with van der Waals surface area (Å²) in [5, 5.41) is 0. The minimum Gasteiger partial charge on any atom is -0.466 e. The van der Waals surface area contributed by atoms with Gasteiger partial charge in [0.2, 0.25) is 0 Å². The summed E-state index contributed by atoms with van der Waals surface area (Å²) in [6.07, 6.45) is 3.82. The number of esters is 1. The fraction of sp³-hybridized carbons (Fsp3) is 0.750. The zero-order valence-corrected chi connectivity index (χ0v) is 15.0. The molecule has 7 heteroatoms. The highest BCUT2D eigenvalue weighted by Crippen LogP contribution is 2.41. The van der Waals surface area contributed by atoms with Crippen molar-refractivity contribution in [1.29, 1.82) is 0 Å². The largest absolute Gasteiger partial charge is 0.469 e. The maximum atomic E-state index is 12.1. The van der Waals surface area contributed by atoms with E-state index in [-0.39, 0.29) is 18.2 Å². The number of carbonyl (C=O) groups excluding carboxylic acids is 1. The van der Waals surface area contributed by atoms with E-state index in [2.05, 4.69) is 4.98 Å². The molecule has 0 aliphatic carbocycles. The van der Waals surface area contributed by atoms with Gasteiger partial charge in [-0.3, -0.25) is 4.79 Å². The highest BCUT2D eigenvalue weighted by Gasteiger charge is 2.55. The summed E-state index contributed by atoms with van der Waals surface area (Å²) in [4.78, 5) is 16.5. The van der Waals surface area contributed by atoms with Crippen molar-refractivity contribution in [3.05, 3.63) is 18.2 Å². The van der Waals surface area contributed by atoms with E-state index in [1.165, 1.54) is 0 Å². The van der Waals surface area contributed by atoms with Crippen LogP contribution in [0.2, 0.25) is 0 Å². The molecule has 128 valence electrons.